The Morgan fingerprint density at radius 1 is 1.07 bits per heavy atom. The second-order valence-corrected chi connectivity index (χ2v) is 8.13. The number of aromatic nitrogens is 2. The molecule has 1 unspecified atom stereocenters. The van der Waals surface area contributed by atoms with Crippen molar-refractivity contribution in [2.75, 3.05) is 23.3 Å². The van der Waals surface area contributed by atoms with E-state index in [1.165, 1.54) is 33.0 Å². The van der Waals surface area contributed by atoms with Crippen LogP contribution >= 0.6 is 0 Å². The van der Waals surface area contributed by atoms with Crippen molar-refractivity contribution < 1.29 is 4.79 Å². The molecule has 6 heteroatoms. The molecule has 1 fully saturated rings. The fourth-order valence-electron chi connectivity index (χ4n) is 4.53. The molecule has 1 aliphatic carbocycles. The van der Waals surface area contributed by atoms with Gasteiger partial charge in [-0.25, -0.2) is 4.68 Å². The Balaban J connectivity index is 1.29. The number of nitrogens with zero attached hydrogens (tertiary/aromatic N) is 3. The number of carbonyl (C=O) groups excluding carboxylic acids is 1. The highest BCUT2D eigenvalue weighted by atomic mass is 16.2. The third-order valence-electron chi connectivity index (χ3n) is 6.12. The molecule has 2 aromatic carbocycles. The molecule has 6 nitrogen and oxygen atoms in total. The number of carbonyl (C=O) groups is 1. The van der Waals surface area contributed by atoms with E-state index in [4.69, 9.17) is 0 Å². The lowest BCUT2D eigenvalue weighted by Crippen LogP contribution is -2.41. The van der Waals surface area contributed by atoms with Crippen molar-refractivity contribution in [2.24, 2.45) is 13.0 Å². The Labute approximate surface area is 175 Å². The second-order valence-electron chi connectivity index (χ2n) is 8.13. The van der Waals surface area contributed by atoms with Gasteiger partial charge in [0.15, 0.2) is 0 Å². The topological polar surface area (TPSA) is 67.2 Å². The standard InChI is InChI=1S/C24H24N4O2/c1-27-23(29)11-10-22(26-27)28-12-4-6-17(15-28)24(30)25-19-8-9-21-18(14-19)13-16-5-2-3-7-20(16)21/h2-3,5,7-11,14,17H,4,6,12-13,15H2,1H3,(H,25,30). The smallest absolute Gasteiger partial charge is 0.266 e. The highest BCUT2D eigenvalue weighted by Crippen LogP contribution is 2.37. The number of benzene rings is 2. The fourth-order valence-corrected chi connectivity index (χ4v) is 4.53. The zero-order valence-corrected chi connectivity index (χ0v) is 17.0. The van der Waals surface area contributed by atoms with Crippen LogP contribution in [0.4, 0.5) is 11.5 Å². The lowest BCUT2D eigenvalue weighted by molar-refractivity contribution is -0.120. The monoisotopic (exact) mass is 400 g/mol. The first-order valence-electron chi connectivity index (χ1n) is 10.4. The minimum absolute atomic E-state index is 0.0416. The lowest BCUT2D eigenvalue weighted by Gasteiger charge is -2.32. The average Bonchev–Trinajstić information content (AvgIpc) is 3.13. The summed E-state index contributed by atoms with van der Waals surface area (Å²) in [5.74, 6) is 0.674. The van der Waals surface area contributed by atoms with Crippen molar-refractivity contribution in [1.82, 2.24) is 9.78 Å². The van der Waals surface area contributed by atoms with Crippen molar-refractivity contribution >= 4 is 17.4 Å². The van der Waals surface area contributed by atoms with Crippen LogP contribution in [0.2, 0.25) is 0 Å². The molecule has 0 radical (unpaired) electrons. The quantitative estimate of drug-likeness (QED) is 0.573. The second kappa shape index (κ2) is 7.44. The van der Waals surface area contributed by atoms with Crippen molar-refractivity contribution in [1.29, 1.82) is 0 Å². The van der Waals surface area contributed by atoms with E-state index in [9.17, 15) is 9.59 Å². The molecule has 1 aliphatic heterocycles. The van der Waals surface area contributed by atoms with E-state index in [1.54, 1.807) is 13.1 Å². The Hall–Kier alpha value is -3.41. The molecular formula is C24H24N4O2. The van der Waals surface area contributed by atoms with E-state index in [2.05, 4.69) is 51.7 Å². The van der Waals surface area contributed by atoms with Crippen LogP contribution in [0.15, 0.2) is 59.4 Å². The molecule has 2 heterocycles. The summed E-state index contributed by atoms with van der Waals surface area (Å²) in [5.41, 5.74) is 5.86. The number of amides is 1. The third kappa shape index (κ3) is 3.38. The number of hydrogen-bond acceptors (Lipinski definition) is 4. The van der Waals surface area contributed by atoms with Crippen LogP contribution in [0, 0.1) is 5.92 Å². The van der Waals surface area contributed by atoms with Gasteiger partial charge in [0.2, 0.25) is 5.91 Å². The SMILES string of the molecule is Cn1nc(N2CCCC(C(=O)Nc3ccc4c(c3)Cc3ccccc3-4)C2)ccc1=O. The zero-order chi connectivity index (χ0) is 20.7. The van der Waals surface area contributed by atoms with Gasteiger partial charge in [0, 0.05) is 31.9 Å². The van der Waals surface area contributed by atoms with Crippen LogP contribution in [-0.2, 0) is 18.3 Å². The maximum Gasteiger partial charge on any atom is 0.266 e. The molecule has 1 atom stereocenters. The van der Waals surface area contributed by atoms with Crippen molar-refractivity contribution in [3.63, 3.8) is 0 Å². The van der Waals surface area contributed by atoms with Crippen LogP contribution in [-0.4, -0.2) is 28.8 Å². The molecule has 3 aromatic rings. The number of hydrogen-bond donors (Lipinski definition) is 1. The molecule has 0 saturated carbocycles. The van der Waals surface area contributed by atoms with Crippen molar-refractivity contribution in [3.8, 4) is 11.1 Å². The maximum atomic E-state index is 13.0. The summed E-state index contributed by atoms with van der Waals surface area (Å²) in [7, 11) is 1.64. The highest BCUT2D eigenvalue weighted by molar-refractivity contribution is 5.94. The van der Waals surface area contributed by atoms with Crippen LogP contribution in [0.25, 0.3) is 11.1 Å². The number of nitrogens with one attached hydrogen (secondary N) is 1. The van der Waals surface area contributed by atoms with Crippen LogP contribution in [0.5, 0.6) is 0 Å². The molecule has 30 heavy (non-hydrogen) atoms. The molecule has 1 N–H and O–H groups in total. The largest absolute Gasteiger partial charge is 0.354 e. The normalized spacial score (nSPS) is 17.4. The average molecular weight is 400 g/mol. The van der Waals surface area contributed by atoms with E-state index in [0.29, 0.717) is 6.54 Å². The summed E-state index contributed by atoms with van der Waals surface area (Å²) >= 11 is 0. The Morgan fingerprint density at radius 3 is 2.77 bits per heavy atom. The number of anilines is 2. The van der Waals surface area contributed by atoms with Gasteiger partial charge in [-0.2, -0.15) is 5.10 Å². The summed E-state index contributed by atoms with van der Waals surface area (Å²) in [4.78, 5) is 26.7. The van der Waals surface area contributed by atoms with Crippen LogP contribution in [0.1, 0.15) is 24.0 Å². The van der Waals surface area contributed by atoms with E-state index >= 15 is 0 Å². The van der Waals surface area contributed by atoms with Crippen molar-refractivity contribution in [2.45, 2.75) is 19.3 Å². The van der Waals surface area contributed by atoms with Gasteiger partial charge in [0.25, 0.3) is 5.56 Å². The first kappa shape index (κ1) is 18.6. The molecule has 2 aliphatic rings. The first-order chi connectivity index (χ1) is 14.6. The van der Waals surface area contributed by atoms with Gasteiger partial charge >= 0.3 is 0 Å². The third-order valence-corrected chi connectivity index (χ3v) is 6.12. The van der Waals surface area contributed by atoms with Gasteiger partial charge in [-0.15, -0.1) is 0 Å². The molecular weight excluding hydrogens is 376 g/mol. The highest BCUT2D eigenvalue weighted by Gasteiger charge is 2.27. The van der Waals surface area contributed by atoms with E-state index in [-0.39, 0.29) is 17.4 Å². The van der Waals surface area contributed by atoms with Gasteiger partial charge in [0.1, 0.15) is 5.82 Å². The molecule has 0 bridgehead atoms. The van der Waals surface area contributed by atoms with Gasteiger partial charge in [-0.1, -0.05) is 30.3 Å². The van der Waals surface area contributed by atoms with Gasteiger partial charge < -0.3 is 10.2 Å². The number of fused-ring (bicyclic) bond motifs is 3. The lowest BCUT2D eigenvalue weighted by atomic mass is 9.97. The van der Waals surface area contributed by atoms with Gasteiger partial charge in [-0.3, -0.25) is 9.59 Å². The summed E-state index contributed by atoms with van der Waals surface area (Å²) in [6.07, 6.45) is 2.68. The summed E-state index contributed by atoms with van der Waals surface area (Å²) in [6, 6.07) is 17.9. The van der Waals surface area contributed by atoms with E-state index < -0.39 is 0 Å². The van der Waals surface area contributed by atoms with Crippen LogP contribution < -0.4 is 15.8 Å². The predicted octanol–water partition coefficient (Wildman–Crippen LogP) is 3.21. The van der Waals surface area contributed by atoms with E-state index in [1.807, 2.05) is 6.07 Å². The van der Waals surface area contributed by atoms with Crippen molar-refractivity contribution in [3.05, 3.63) is 76.1 Å². The number of piperidine rings is 1. The molecule has 152 valence electrons. The molecule has 1 saturated heterocycles. The molecule has 0 spiro atoms. The zero-order valence-electron chi connectivity index (χ0n) is 17.0. The number of aryl methyl sites for hydroxylation is 1. The Kier molecular flexibility index (Phi) is 4.62. The van der Waals surface area contributed by atoms with Gasteiger partial charge in [-0.05, 0) is 59.7 Å². The molecule has 1 amide bonds. The molecule has 1 aromatic heterocycles. The van der Waals surface area contributed by atoms with Crippen LogP contribution in [0.3, 0.4) is 0 Å². The summed E-state index contributed by atoms with van der Waals surface area (Å²) in [5, 5.41) is 7.45. The summed E-state index contributed by atoms with van der Waals surface area (Å²) < 4.78 is 1.33. The maximum absolute atomic E-state index is 13.0. The number of rotatable bonds is 3. The Morgan fingerprint density at radius 2 is 1.90 bits per heavy atom. The minimum atomic E-state index is -0.135. The minimum Gasteiger partial charge on any atom is -0.354 e. The van der Waals surface area contributed by atoms with E-state index in [0.717, 1.165) is 37.3 Å². The fraction of sp³-hybridized carbons (Fsp3) is 0.292. The predicted molar refractivity (Wildman–Crippen MR) is 118 cm³/mol. The van der Waals surface area contributed by atoms with Gasteiger partial charge in [0.05, 0.1) is 5.92 Å². The summed E-state index contributed by atoms with van der Waals surface area (Å²) in [6.45, 7) is 1.44. The first-order valence-corrected chi connectivity index (χ1v) is 10.4. The molecule has 5 rings (SSSR count). The Bertz CT molecular complexity index is 1180.